The van der Waals surface area contributed by atoms with E-state index in [4.69, 9.17) is 4.98 Å². The second kappa shape index (κ2) is 8.23. The maximum Gasteiger partial charge on any atom is 0.255 e. The molecule has 1 aromatic heterocycles. The van der Waals surface area contributed by atoms with Gasteiger partial charge in [-0.1, -0.05) is 39.3 Å². The molecule has 0 radical (unpaired) electrons. The van der Waals surface area contributed by atoms with Crippen molar-refractivity contribution in [1.82, 2.24) is 14.5 Å². The fourth-order valence-corrected chi connectivity index (χ4v) is 4.11. The van der Waals surface area contributed by atoms with Crippen LogP contribution in [0.4, 0.5) is 5.69 Å². The van der Waals surface area contributed by atoms with Gasteiger partial charge in [-0.25, -0.2) is 4.98 Å². The maximum absolute atomic E-state index is 12.7. The largest absolute Gasteiger partial charge is 0.330 e. The number of hydrogen-bond donors (Lipinski definition) is 1. The van der Waals surface area contributed by atoms with E-state index in [9.17, 15) is 4.79 Å². The Morgan fingerprint density at radius 3 is 2.40 bits per heavy atom. The highest BCUT2D eigenvalue weighted by Gasteiger charge is 2.16. The van der Waals surface area contributed by atoms with E-state index >= 15 is 0 Å². The summed E-state index contributed by atoms with van der Waals surface area (Å²) in [7, 11) is 2.07. The summed E-state index contributed by atoms with van der Waals surface area (Å²) in [6, 6.07) is 13.8. The lowest BCUT2D eigenvalue weighted by molar-refractivity contribution is 0.102. The van der Waals surface area contributed by atoms with Gasteiger partial charge in [-0.3, -0.25) is 9.69 Å². The van der Waals surface area contributed by atoms with Crippen LogP contribution in [0.25, 0.3) is 11.0 Å². The predicted molar refractivity (Wildman–Crippen MR) is 123 cm³/mol. The highest BCUT2D eigenvalue weighted by molar-refractivity contribution is 6.05. The van der Waals surface area contributed by atoms with Crippen molar-refractivity contribution in [1.29, 1.82) is 0 Å². The van der Waals surface area contributed by atoms with Gasteiger partial charge in [-0.2, -0.15) is 0 Å². The number of aromatic nitrogens is 2. The van der Waals surface area contributed by atoms with E-state index in [-0.39, 0.29) is 11.3 Å². The van der Waals surface area contributed by atoms with Crippen LogP contribution in [-0.2, 0) is 19.0 Å². The molecule has 5 heteroatoms. The lowest BCUT2D eigenvalue weighted by Gasteiger charge is -2.25. The van der Waals surface area contributed by atoms with Crippen molar-refractivity contribution in [3.8, 4) is 0 Å². The molecule has 1 N–H and O–H groups in total. The monoisotopic (exact) mass is 404 g/mol. The number of likely N-dealkylation sites (tertiary alicyclic amines) is 1. The summed E-state index contributed by atoms with van der Waals surface area (Å²) in [5.41, 5.74) is 4.74. The van der Waals surface area contributed by atoms with Crippen molar-refractivity contribution >= 4 is 22.6 Å². The molecule has 158 valence electrons. The van der Waals surface area contributed by atoms with Crippen LogP contribution >= 0.6 is 0 Å². The van der Waals surface area contributed by atoms with Gasteiger partial charge >= 0.3 is 0 Å². The summed E-state index contributed by atoms with van der Waals surface area (Å²) >= 11 is 0. The summed E-state index contributed by atoms with van der Waals surface area (Å²) in [5, 5.41) is 3.02. The van der Waals surface area contributed by atoms with Crippen molar-refractivity contribution in [2.75, 3.05) is 18.4 Å². The Balaban J connectivity index is 1.49. The van der Waals surface area contributed by atoms with E-state index in [1.54, 1.807) is 0 Å². The van der Waals surface area contributed by atoms with Crippen LogP contribution < -0.4 is 5.32 Å². The number of carbonyl (C=O) groups is 1. The van der Waals surface area contributed by atoms with Gasteiger partial charge in [0.05, 0.1) is 17.6 Å². The predicted octanol–water partition coefficient (Wildman–Crippen LogP) is 5.11. The number of nitrogens with one attached hydrogen (secondary N) is 1. The third-order valence-corrected chi connectivity index (χ3v) is 6.06. The van der Waals surface area contributed by atoms with Gasteiger partial charge in [0.15, 0.2) is 0 Å². The summed E-state index contributed by atoms with van der Waals surface area (Å²) in [5.74, 6) is 0.979. The molecular formula is C25H32N4O. The zero-order chi connectivity index (χ0) is 21.3. The average Bonchev–Trinajstić information content (AvgIpc) is 3.03. The Labute approximate surface area is 179 Å². The molecule has 30 heavy (non-hydrogen) atoms. The van der Waals surface area contributed by atoms with Gasteiger partial charge in [0, 0.05) is 18.3 Å². The Kier molecular flexibility index (Phi) is 5.65. The first-order valence-corrected chi connectivity index (χ1v) is 10.9. The van der Waals surface area contributed by atoms with E-state index < -0.39 is 0 Å². The smallest absolute Gasteiger partial charge is 0.255 e. The van der Waals surface area contributed by atoms with Crippen LogP contribution in [0.15, 0.2) is 42.5 Å². The van der Waals surface area contributed by atoms with E-state index in [1.807, 2.05) is 42.5 Å². The molecule has 2 heterocycles. The minimum absolute atomic E-state index is 0.0743. The number of fused-ring (bicyclic) bond motifs is 1. The summed E-state index contributed by atoms with van der Waals surface area (Å²) in [6.07, 6.45) is 3.88. The van der Waals surface area contributed by atoms with Crippen LogP contribution in [0.3, 0.4) is 0 Å². The molecule has 0 saturated carbocycles. The number of imidazole rings is 1. The molecule has 2 aromatic carbocycles. The van der Waals surface area contributed by atoms with Crippen LogP contribution in [0, 0.1) is 0 Å². The Morgan fingerprint density at radius 1 is 1.03 bits per heavy atom. The molecule has 1 aliphatic rings. The number of benzene rings is 2. The first-order chi connectivity index (χ1) is 14.3. The van der Waals surface area contributed by atoms with Gasteiger partial charge in [-0.05, 0) is 67.2 Å². The van der Waals surface area contributed by atoms with Crippen molar-refractivity contribution in [2.45, 2.75) is 52.0 Å². The molecule has 1 aliphatic heterocycles. The summed E-state index contributed by atoms with van der Waals surface area (Å²) in [6.45, 7) is 9.70. The SMILES string of the molecule is Cn1c(CN2CCCCC2)nc2cc(NC(=O)c3ccc(C(C)(C)C)cc3)ccc21. The van der Waals surface area contributed by atoms with Crippen LogP contribution in [-0.4, -0.2) is 33.4 Å². The Bertz CT molecular complexity index is 1040. The topological polar surface area (TPSA) is 50.2 Å². The zero-order valence-electron chi connectivity index (χ0n) is 18.5. The lowest BCUT2D eigenvalue weighted by Crippen LogP contribution is -2.30. The van der Waals surface area contributed by atoms with Gasteiger partial charge < -0.3 is 9.88 Å². The molecule has 0 unspecified atom stereocenters. The van der Waals surface area contributed by atoms with E-state index in [0.717, 1.165) is 42.2 Å². The van der Waals surface area contributed by atoms with Crippen LogP contribution in [0.1, 0.15) is 61.8 Å². The van der Waals surface area contributed by atoms with E-state index in [2.05, 4.69) is 42.6 Å². The highest BCUT2D eigenvalue weighted by Crippen LogP contribution is 2.24. The Hall–Kier alpha value is -2.66. The number of hydrogen-bond acceptors (Lipinski definition) is 3. The number of nitrogens with zero attached hydrogens (tertiary/aromatic N) is 3. The molecule has 0 bridgehead atoms. The quantitative estimate of drug-likeness (QED) is 0.657. The molecule has 0 aliphatic carbocycles. The molecule has 1 amide bonds. The second-order valence-corrected chi connectivity index (χ2v) is 9.41. The van der Waals surface area contributed by atoms with E-state index in [1.165, 1.54) is 24.8 Å². The molecule has 3 aromatic rings. The fraction of sp³-hybridized carbons (Fsp3) is 0.440. The van der Waals surface area contributed by atoms with Crippen molar-refractivity contribution in [3.63, 3.8) is 0 Å². The number of rotatable bonds is 4. The average molecular weight is 405 g/mol. The molecule has 0 spiro atoms. The summed E-state index contributed by atoms with van der Waals surface area (Å²) in [4.78, 5) is 20.0. The van der Waals surface area contributed by atoms with Gasteiger partial charge in [0.1, 0.15) is 5.82 Å². The number of carbonyl (C=O) groups excluding carboxylic acids is 1. The third kappa shape index (κ3) is 4.41. The van der Waals surface area contributed by atoms with Gasteiger partial charge in [0.2, 0.25) is 0 Å². The minimum Gasteiger partial charge on any atom is -0.330 e. The molecule has 1 saturated heterocycles. The number of piperidine rings is 1. The molecule has 1 fully saturated rings. The van der Waals surface area contributed by atoms with Crippen LogP contribution in [0.2, 0.25) is 0 Å². The first kappa shape index (κ1) is 20.6. The normalized spacial score (nSPS) is 15.5. The van der Waals surface area contributed by atoms with Gasteiger partial charge in [-0.15, -0.1) is 0 Å². The van der Waals surface area contributed by atoms with E-state index in [0.29, 0.717) is 5.56 Å². The Morgan fingerprint density at radius 2 is 1.73 bits per heavy atom. The zero-order valence-corrected chi connectivity index (χ0v) is 18.5. The number of anilines is 1. The maximum atomic E-state index is 12.7. The highest BCUT2D eigenvalue weighted by atomic mass is 16.1. The van der Waals surface area contributed by atoms with Crippen molar-refractivity contribution in [3.05, 3.63) is 59.4 Å². The van der Waals surface area contributed by atoms with Crippen molar-refractivity contribution < 1.29 is 4.79 Å². The molecule has 5 nitrogen and oxygen atoms in total. The number of aryl methyl sites for hydroxylation is 1. The third-order valence-electron chi connectivity index (χ3n) is 6.06. The van der Waals surface area contributed by atoms with Crippen LogP contribution in [0.5, 0.6) is 0 Å². The molecule has 4 rings (SSSR count). The van der Waals surface area contributed by atoms with Crippen molar-refractivity contribution in [2.24, 2.45) is 7.05 Å². The van der Waals surface area contributed by atoms with Gasteiger partial charge in [0.25, 0.3) is 5.91 Å². The summed E-state index contributed by atoms with van der Waals surface area (Å²) < 4.78 is 2.17. The lowest BCUT2D eigenvalue weighted by atomic mass is 9.87. The first-order valence-electron chi connectivity index (χ1n) is 10.9. The number of amides is 1. The fourth-order valence-electron chi connectivity index (χ4n) is 4.11. The molecule has 0 atom stereocenters. The standard InChI is InChI=1S/C25H32N4O/c1-25(2,3)19-10-8-18(9-11-19)24(30)26-20-12-13-22-21(16-20)27-23(28(22)4)17-29-14-6-5-7-15-29/h8-13,16H,5-7,14-15,17H2,1-4H3,(H,26,30). The minimum atomic E-state index is -0.0979. The molecular weight excluding hydrogens is 372 g/mol. The second-order valence-electron chi connectivity index (χ2n) is 9.41.